The third kappa shape index (κ3) is 4.13. The van der Waals surface area contributed by atoms with Crippen LogP contribution in [0.25, 0.3) is 0 Å². The SMILES string of the molecule is CCCNCc1ccc(OCc2cncs2)cc1. The molecule has 0 atom stereocenters. The number of hydrogen-bond donors (Lipinski definition) is 1. The number of nitrogens with zero attached hydrogens (tertiary/aromatic N) is 1. The summed E-state index contributed by atoms with van der Waals surface area (Å²) >= 11 is 1.61. The zero-order valence-electron chi connectivity index (χ0n) is 10.6. The van der Waals surface area contributed by atoms with Crippen molar-refractivity contribution in [3.05, 3.63) is 46.4 Å². The van der Waals surface area contributed by atoms with Crippen molar-refractivity contribution >= 4 is 11.3 Å². The van der Waals surface area contributed by atoms with Crippen molar-refractivity contribution in [2.24, 2.45) is 0 Å². The topological polar surface area (TPSA) is 34.1 Å². The summed E-state index contributed by atoms with van der Waals surface area (Å²) < 4.78 is 5.68. The summed E-state index contributed by atoms with van der Waals surface area (Å²) in [6, 6.07) is 8.24. The van der Waals surface area contributed by atoms with Gasteiger partial charge in [0.2, 0.25) is 0 Å². The third-order valence-electron chi connectivity index (χ3n) is 2.54. The first-order chi connectivity index (χ1) is 8.88. The Balaban J connectivity index is 1.80. The Bertz CT molecular complexity index is 439. The number of hydrogen-bond acceptors (Lipinski definition) is 4. The van der Waals surface area contributed by atoms with Gasteiger partial charge >= 0.3 is 0 Å². The molecule has 96 valence electrons. The molecule has 0 fully saturated rings. The smallest absolute Gasteiger partial charge is 0.124 e. The van der Waals surface area contributed by atoms with E-state index < -0.39 is 0 Å². The van der Waals surface area contributed by atoms with Gasteiger partial charge in [-0.3, -0.25) is 4.98 Å². The molecule has 0 amide bonds. The van der Waals surface area contributed by atoms with Crippen molar-refractivity contribution < 1.29 is 4.74 Å². The van der Waals surface area contributed by atoms with E-state index in [0.717, 1.165) is 30.1 Å². The maximum Gasteiger partial charge on any atom is 0.124 e. The fourth-order valence-electron chi connectivity index (χ4n) is 1.58. The molecule has 3 nitrogen and oxygen atoms in total. The van der Waals surface area contributed by atoms with Gasteiger partial charge in [-0.25, -0.2) is 0 Å². The summed E-state index contributed by atoms with van der Waals surface area (Å²) in [6.07, 6.45) is 3.00. The first-order valence-corrected chi connectivity index (χ1v) is 7.06. The lowest BCUT2D eigenvalue weighted by molar-refractivity contribution is 0.309. The highest BCUT2D eigenvalue weighted by molar-refractivity contribution is 7.09. The minimum absolute atomic E-state index is 0.595. The molecular formula is C14H18N2OS. The van der Waals surface area contributed by atoms with E-state index in [1.807, 2.05) is 23.8 Å². The van der Waals surface area contributed by atoms with Crippen LogP contribution in [0.1, 0.15) is 23.8 Å². The van der Waals surface area contributed by atoms with Gasteiger partial charge in [0.15, 0.2) is 0 Å². The van der Waals surface area contributed by atoms with Crippen LogP contribution >= 0.6 is 11.3 Å². The molecule has 0 aliphatic heterocycles. The van der Waals surface area contributed by atoms with E-state index in [1.165, 1.54) is 5.56 Å². The van der Waals surface area contributed by atoms with Crippen LogP contribution in [0.15, 0.2) is 36.0 Å². The highest BCUT2D eigenvalue weighted by atomic mass is 32.1. The molecule has 1 aromatic carbocycles. The van der Waals surface area contributed by atoms with Gasteiger partial charge in [0.05, 0.1) is 10.4 Å². The Kier molecular flexibility index (Phi) is 5.17. The summed E-state index contributed by atoms with van der Waals surface area (Å²) in [5.41, 5.74) is 3.11. The van der Waals surface area contributed by atoms with Gasteiger partial charge in [-0.1, -0.05) is 19.1 Å². The fraction of sp³-hybridized carbons (Fsp3) is 0.357. The van der Waals surface area contributed by atoms with E-state index in [2.05, 4.69) is 29.4 Å². The van der Waals surface area contributed by atoms with Crippen LogP contribution in [-0.2, 0) is 13.2 Å². The lowest BCUT2D eigenvalue weighted by Crippen LogP contribution is -2.13. The molecule has 0 bridgehead atoms. The molecule has 0 aliphatic carbocycles. The second-order valence-corrected chi connectivity index (χ2v) is 5.05. The first-order valence-electron chi connectivity index (χ1n) is 6.18. The Morgan fingerprint density at radius 2 is 2.11 bits per heavy atom. The van der Waals surface area contributed by atoms with Crippen LogP contribution in [-0.4, -0.2) is 11.5 Å². The Morgan fingerprint density at radius 3 is 2.78 bits per heavy atom. The molecule has 0 saturated heterocycles. The van der Waals surface area contributed by atoms with Crippen molar-refractivity contribution in [3.63, 3.8) is 0 Å². The Labute approximate surface area is 112 Å². The summed E-state index contributed by atoms with van der Waals surface area (Å²) in [5.74, 6) is 0.905. The molecule has 18 heavy (non-hydrogen) atoms. The molecule has 4 heteroatoms. The summed E-state index contributed by atoms with van der Waals surface area (Å²) in [4.78, 5) is 5.16. The van der Waals surface area contributed by atoms with Gasteiger partial charge in [0, 0.05) is 12.7 Å². The molecule has 0 radical (unpaired) electrons. The molecule has 1 N–H and O–H groups in total. The maximum absolute atomic E-state index is 5.68. The lowest BCUT2D eigenvalue weighted by Gasteiger charge is -2.06. The van der Waals surface area contributed by atoms with Crippen molar-refractivity contribution in [2.45, 2.75) is 26.5 Å². The van der Waals surface area contributed by atoms with Crippen LogP contribution in [0.2, 0.25) is 0 Å². The highest BCUT2D eigenvalue weighted by Crippen LogP contribution is 2.15. The van der Waals surface area contributed by atoms with E-state index in [1.54, 1.807) is 11.3 Å². The van der Waals surface area contributed by atoms with Crippen molar-refractivity contribution in [3.8, 4) is 5.75 Å². The van der Waals surface area contributed by atoms with Crippen LogP contribution < -0.4 is 10.1 Å². The molecule has 0 spiro atoms. The second kappa shape index (κ2) is 7.13. The fourth-order valence-corrected chi connectivity index (χ4v) is 2.09. The summed E-state index contributed by atoms with van der Waals surface area (Å²) in [6.45, 7) is 4.74. The van der Waals surface area contributed by atoms with Crippen molar-refractivity contribution in [2.75, 3.05) is 6.54 Å². The highest BCUT2D eigenvalue weighted by Gasteiger charge is 1.98. The number of thiazole rings is 1. The molecule has 0 unspecified atom stereocenters. The van der Waals surface area contributed by atoms with Gasteiger partial charge < -0.3 is 10.1 Å². The van der Waals surface area contributed by atoms with E-state index >= 15 is 0 Å². The van der Waals surface area contributed by atoms with E-state index in [4.69, 9.17) is 4.74 Å². The van der Waals surface area contributed by atoms with E-state index in [0.29, 0.717) is 6.61 Å². The number of benzene rings is 1. The predicted octanol–water partition coefficient (Wildman–Crippen LogP) is 3.22. The van der Waals surface area contributed by atoms with Gasteiger partial charge in [0.1, 0.15) is 12.4 Å². The van der Waals surface area contributed by atoms with Crippen LogP contribution in [0.3, 0.4) is 0 Å². The van der Waals surface area contributed by atoms with Gasteiger partial charge in [-0.15, -0.1) is 11.3 Å². The van der Waals surface area contributed by atoms with Crippen LogP contribution in [0, 0.1) is 0 Å². The van der Waals surface area contributed by atoms with Crippen molar-refractivity contribution in [1.82, 2.24) is 10.3 Å². The van der Waals surface area contributed by atoms with Crippen LogP contribution in [0.4, 0.5) is 0 Å². The standard InChI is InChI=1S/C14H18N2OS/c1-2-7-15-8-12-3-5-13(6-4-12)17-10-14-9-16-11-18-14/h3-6,9,11,15H,2,7-8,10H2,1H3. The minimum Gasteiger partial charge on any atom is -0.488 e. The average Bonchev–Trinajstić information content (AvgIpc) is 2.91. The molecule has 2 aromatic rings. The van der Waals surface area contributed by atoms with E-state index in [-0.39, 0.29) is 0 Å². The molecule has 1 heterocycles. The molecule has 2 rings (SSSR count). The quantitative estimate of drug-likeness (QED) is 0.778. The Morgan fingerprint density at radius 1 is 1.28 bits per heavy atom. The first kappa shape index (κ1) is 13.1. The van der Waals surface area contributed by atoms with Gasteiger partial charge in [-0.2, -0.15) is 0 Å². The molecule has 1 aromatic heterocycles. The summed E-state index contributed by atoms with van der Waals surface area (Å²) in [5, 5.41) is 3.38. The monoisotopic (exact) mass is 262 g/mol. The zero-order chi connectivity index (χ0) is 12.6. The Hall–Kier alpha value is -1.39. The molecular weight excluding hydrogens is 244 g/mol. The number of aromatic nitrogens is 1. The van der Waals surface area contributed by atoms with E-state index in [9.17, 15) is 0 Å². The number of nitrogens with one attached hydrogen (secondary N) is 1. The largest absolute Gasteiger partial charge is 0.488 e. The third-order valence-corrected chi connectivity index (χ3v) is 3.30. The normalized spacial score (nSPS) is 10.5. The zero-order valence-corrected chi connectivity index (χ0v) is 11.4. The van der Waals surface area contributed by atoms with Gasteiger partial charge in [0.25, 0.3) is 0 Å². The lowest BCUT2D eigenvalue weighted by atomic mass is 10.2. The molecule has 0 aliphatic rings. The summed E-state index contributed by atoms with van der Waals surface area (Å²) in [7, 11) is 0. The minimum atomic E-state index is 0.595. The van der Waals surface area contributed by atoms with Crippen LogP contribution in [0.5, 0.6) is 5.75 Å². The average molecular weight is 262 g/mol. The van der Waals surface area contributed by atoms with Crippen molar-refractivity contribution in [1.29, 1.82) is 0 Å². The predicted molar refractivity (Wildman–Crippen MR) is 74.9 cm³/mol. The number of ether oxygens (including phenoxy) is 1. The second-order valence-electron chi connectivity index (χ2n) is 4.08. The molecule has 0 saturated carbocycles. The number of rotatable bonds is 7. The maximum atomic E-state index is 5.68. The van der Waals surface area contributed by atoms with Gasteiger partial charge in [-0.05, 0) is 30.7 Å².